The number of nitrogens with one attached hydrogen (secondary N) is 1. The van der Waals surface area contributed by atoms with Gasteiger partial charge in [-0.15, -0.1) is 0 Å². The maximum absolute atomic E-state index is 13.3. The summed E-state index contributed by atoms with van der Waals surface area (Å²) in [5.41, 5.74) is 0.900. The third-order valence-electron chi connectivity index (χ3n) is 5.58. The molecular weight excluding hydrogens is 426 g/mol. The number of likely N-dealkylation sites (tertiary alicyclic amines) is 1. The van der Waals surface area contributed by atoms with Crippen molar-refractivity contribution < 1.29 is 18.0 Å². The number of amides is 2. The molecule has 172 valence electrons. The first-order chi connectivity index (χ1) is 15.2. The van der Waals surface area contributed by atoms with E-state index in [1.807, 2.05) is 19.9 Å². The first-order valence-electron chi connectivity index (χ1n) is 11.0. The van der Waals surface area contributed by atoms with Crippen LogP contribution in [-0.4, -0.2) is 50.8 Å². The lowest BCUT2D eigenvalue weighted by molar-refractivity contribution is -0.125. The first-order valence-corrected chi connectivity index (χ1v) is 12.5. The zero-order valence-electron chi connectivity index (χ0n) is 18.8. The Morgan fingerprint density at radius 2 is 1.84 bits per heavy atom. The Kier molecular flexibility index (Phi) is 7.56. The SMILES string of the molecule is CCN(c1ccccc1)S(=O)(=O)c1cccc(C(=O)N2CCCC(NC(=O)C(C)C)C2)c1. The number of para-hydroxylation sites is 1. The molecule has 1 aliphatic rings. The molecule has 2 aromatic rings. The Morgan fingerprint density at radius 1 is 1.12 bits per heavy atom. The zero-order valence-corrected chi connectivity index (χ0v) is 19.6. The van der Waals surface area contributed by atoms with Crippen LogP contribution in [0.25, 0.3) is 0 Å². The van der Waals surface area contributed by atoms with Gasteiger partial charge in [0, 0.05) is 37.2 Å². The Bertz CT molecular complexity index is 1050. The van der Waals surface area contributed by atoms with E-state index in [9.17, 15) is 18.0 Å². The molecule has 1 heterocycles. The molecule has 2 aromatic carbocycles. The number of hydrogen-bond donors (Lipinski definition) is 1. The lowest BCUT2D eigenvalue weighted by atomic mass is 10.0. The predicted molar refractivity (Wildman–Crippen MR) is 125 cm³/mol. The van der Waals surface area contributed by atoms with Gasteiger partial charge in [0.15, 0.2) is 0 Å². The maximum atomic E-state index is 13.3. The van der Waals surface area contributed by atoms with E-state index in [1.54, 1.807) is 48.2 Å². The van der Waals surface area contributed by atoms with Gasteiger partial charge in [0.1, 0.15) is 0 Å². The van der Waals surface area contributed by atoms with Crippen LogP contribution in [0.1, 0.15) is 44.0 Å². The average molecular weight is 458 g/mol. The number of carbonyl (C=O) groups excluding carboxylic acids is 2. The van der Waals surface area contributed by atoms with Gasteiger partial charge in [0.25, 0.3) is 15.9 Å². The summed E-state index contributed by atoms with van der Waals surface area (Å²) in [4.78, 5) is 27.0. The van der Waals surface area contributed by atoms with Crippen molar-refractivity contribution in [2.75, 3.05) is 23.9 Å². The molecule has 0 bridgehead atoms. The summed E-state index contributed by atoms with van der Waals surface area (Å²) in [6, 6.07) is 15.0. The topological polar surface area (TPSA) is 86.8 Å². The third kappa shape index (κ3) is 5.30. The van der Waals surface area contributed by atoms with E-state index in [4.69, 9.17) is 0 Å². The van der Waals surface area contributed by atoms with Gasteiger partial charge in [0.05, 0.1) is 10.6 Å². The number of anilines is 1. The minimum Gasteiger partial charge on any atom is -0.351 e. The van der Waals surface area contributed by atoms with Gasteiger partial charge >= 0.3 is 0 Å². The highest BCUT2D eigenvalue weighted by Crippen LogP contribution is 2.24. The summed E-state index contributed by atoms with van der Waals surface area (Å²) in [6.45, 7) is 6.71. The number of piperidine rings is 1. The maximum Gasteiger partial charge on any atom is 0.264 e. The van der Waals surface area contributed by atoms with Crippen LogP contribution in [0.5, 0.6) is 0 Å². The van der Waals surface area contributed by atoms with Gasteiger partial charge in [-0.3, -0.25) is 13.9 Å². The highest BCUT2D eigenvalue weighted by atomic mass is 32.2. The molecule has 0 aromatic heterocycles. The van der Waals surface area contributed by atoms with Crippen LogP contribution in [0.4, 0.5) is 5.69 Å². The molecule has 1 saturated heterocycles. The van der Waals surface area contributed by atoms with Gasteiger partial charge in [-0.1, -0.05) is 38.1 Å². The molecule has 0 radical (unpaired) electrons. The Morgan fingerprint density at radius 3 is 2.50 bits per heavy atom. The van der Waals surface area contributed by atoms with Crippen molar-refractivity contribution >= 4 is 27.5 Å². The average Bonchev–Trinajstić information content (AvgIpc) is 2.80. The monoisotopic (exact) mass is 457 g/mol. The molecule has 1 N–H and O–H groups in total. The quantitative estimate of drug-likeness (QED) is 0.691. The second kappa shape index (κ2) is 10.2. The van der Waals surface area contributed by atoms with Crippen LogP contribution in [-0.2, 0) is 14.8 Å². The van der Waals surface area contributed by atoms with Gasteiger partial charge in [-0.2, -0.15) is 0 Å². The van der Waals surface area contributed by atoms with Gasteiger partial charge < -0.3 is 10.2 Å². The Balaban J connectivity index is 1.80. The summed E-state index contributed by atoms with van der Waals surface area (Å²) < 4.78 is 27.9. The largest absolute Gasteiger partial charge is 0.351 e. The highest BCUT2D eigenvalue weighted by molar-refractivity contribution is 7.92. The lowest BCUT2D eigenvalue weighted by Gasteiger charge is -2.33. The number of sulfonamides is 1. The fourth-order valence-corrected chi connectivity index (χ4v) is 5.35. The molecule has 2 amide bonds. The second-order valence-electron chi connectivity index (χ2n) is 8.29. The van der Waals surface area contributed by atoms with Crippen LogP contribution in [0.15, 0.2) is 59.5 Å². The molecule has 1 atom stereocenters. The van der Waals surface area contributed by atoms with Crippen LogP contribution < -0.4 is 9.62 Å². The summed E-state index contributed by atoms with van der Waals surface area (Å²) >= 11 is 0. The van der Waals surface area contributed by atoms with Gasteiger partial charge in [-0.05, 0) is 50.1 Å². The first kappa shape index (κ1) is 23.8. The van der Waals surface area contributed by atoms with Crippen LogP contribution in [0.2, 0.25) is 0 Å². The van der Waals surface area contributed by atoms with Crippen LogP contribution in [0.3, 0.4) is 0 Å². The number of nitrogens with zero attached hydrogens (tertiary/aromatic N) is 2. The fraction of sp³-hybridized carbons (Fsp3) is 0.417. The Labute approximate surface area is 190 Å². The standard InChI is InChI=1S/C24H31N3O4S/c1-4-27(21-12-6-5-7-13-21)32(30,31)22-14-8-10-19(16-22)24(29)26-15-9-11-20(17-26)25-23(28)18(2)3/h5-8,10,12-14,16,18,20H,4,9,11,15,17H2,1-3H3,(H,25,28). The van der Waals surface area contributed by atoms with Gasteiger partial charge in [-0.25, -0.2) is 8.42 Å². The normalized spacial score (nSPS) is 16.6. The second-order valence-corrected chi connectivity index (χ2v) is 10.1. The zero-order chi connectivity index (χ0) is 23.3. The number of carbonyl (C=O) groups is 2. The van der Waals surface area contributed by atoms with Crippen molar-refractivity contribution in [3.05, 3.63) is 60.2 Å². The van der Waals surface area contributed by atoms with E-state index in [-0.39, 0.29) is 35.2 Å². The van der Waals surface area contributed by atoms with Crippen molar-refractivity contribution in [3.63, 3.8) is 0 Å². The summed E-state index contributed by atoms with van der Waals surface area (Å²) in [5.74, 6) is -0.375. The molecule has 1 fully saturated rings. The Hall–Kier alpha value is -2.87. The molecule has 0 saturated carbocycles. The third-order valence-corrected chi connectivity index (χ3v) is 7.48. The minimum absolute atomic E-state index is 0.0297. The van der Waals surface area contributed by atoms with Crippen LogP contribution >= 0.6 is 0 Å². The molecule has 0 spiro atoms. The van der Waals surface area contributed by atoms with Crippen molar-refractivity contribution in [3.8, 4) is 0 Å². The highest BCUT2D eigenvalue weighted by Gasteiger charge is 2.28. The fourth-order valence-electron chi connectivity index (χ4n) is 3.83. The molecule has 3 rings (SSSR count). The van der Waals surface area contributed by atoms with Crippen molar-refractivity contribution in [2.24, 2.45) is 5.92 Å². The van der Waals surface area contributed by atoms with Crippen molar-refractivity contribution in [1.29, 1.82) is 0 Å². The van der Waals surface area contributed by atoms with E-state index in [1.165, 1.54) is 16.4 Å². The molecular formula is C24H31N3O4S. The van der Waals surface area contributed by atoms with E-state index < -0.39 is 10.0 Å². The van der Waals surface area contributed by atoms with Gasteiger partial charge in [0.2, 0.25) is 5.91 Å². The summed E-state index contributed by atoms with van der Waals surface area (Å²) in [5, 5.41) is 3.00. The van der Waals surface area contributed by atoms with Crippen molar-refractivity contribution in [1.82, 2.24) is 10.2 Å². The van der Waals surface area contributed by atoms with E-state index >= 15 is 0 Å². The van der Waals surface area contributed by atoms with E-state index in [0.717, 1.165) is 12.8 Å². The minimum atomic E-state index is -3.82. The van der Waals surface area contributed by atoms with E-state index in [2.05, 4.69) is 5.32 Å². The molecule has 32 heavy (non-hydrogen) atoms. The predicted octanol–water partition coefficient (Wildman–Crippen LogP) is 3.28. The van der Waals surface area contributed by atoms with Crippen molar-refractivity contribution in [2.45, 2.75) is 44.6 Å². The smallest absolute Gasteiger partial charge is 0.264 e. The molecule has 1 aliphatic heterocycles. The molecule has 0 aliphatic carbocycles. The summed E-state index contributed by atoms with van der Waals surface area (Å²) in [7, 11) is -3.82. The number of benzene rings is 2. The number of rotatable bonds is 7. The molecule has 7 nitrogen and oxygen atoms in total. The van der Waals surface area contributed by atoms with E-state index in [0.29, 0.717) is 24.3 Å². The molecule has 1 unspecified atom stereocenters. The summed E-state index contributed by atoms with van der Waals surface area (Å²) in [6.07, 6.45) is 1.60. The number of hydrogen-bond acceptors (Lipinski definition) is 4. The van der Waals surface area contributed by atoms with Crippen LogP contribution in [0, 0.1) is 5.92 Å². The lowest BCUT2D eigenvalue weighted by Crippen LogP contribution is -2.50. The molecule has 8 heteroatoms.